The largest absolute Gasteiger partial charge is 0.357 e. The Morgan fingerprint density at radius 1 is 1.36 bits per heavy atom. The quantitative estimate of drug-likeness (QED) is 0.299. The molecule has 0 aliphatic rings. The van der Waals surface area contributed by atoms with Crippen LogP contribution in [-0.2, 0) is 19.9 Å². The number of hydrogen-bond acceptors (Lipinski definition) is 2. The summed E-state index contributed by atoms with van der Waals surface area (Å²) in [5, 5.41) is 11.2. The summed E-state index contributed by atoms with van der Waals surface area (Å²) < 4.78 is 16.7. The Kier molecular flexibility index (Phi) is 10.4. The van der Waals surface area contributed by atoms with Crippen LogP contribution < -0.4 is 10.6 Å². The van der Waals surface area contributed by atoms with E-state index in [-0.39, 0.29) is 35.8 Å². The van der Waals surface area contributed by atoms with E-state index in [1.807, 2.05) is 31.6 Å². The molecule has 0 amide bonds. The molecule has 0 fully saturated rings. The predicted octanol–water partition coefficient (Wildman–Crippen LogP) is 4.29. The molecule has 1 aromatic carbocycles. The van der Waals surface area contributed by atoms with E-state index >= 15 is 0 Å². The summed E-state index contributed by atoms with van der Waals surface area (Å²) in [6, 6.07) is 5.19. The van der Waals surface area contributed by atoms with Gasteiger partial charge in [-0.15, -0.1) is 24.0 Å². The molecule has 1 aromatic heterocycles. The molecule has 5 nitrogen and oxygen atoms in total. The highest BCUT2D eigenvalue weighted by molar-refractivity contribution is 14.0. The molecule has 1 atom stereocenters. The van der Waals surface area contributed by atoms with E-state index in [1.165, 1.54) is 17.3 Å². The molecular formula is C20H30BrFIN5. The van der Waals surface area contributed by atoms with Gasteiger partial charge in [-0.25, -0.2) is 4.39 Å². The zero-order valence-electron chi connectivity index (χ0n) is 17.1. The van der Waals surface area contributed by atoms with Gasteiger partial charge in [0.25, 0.3) is 0 Å². The molecule has 0 saturated heterocycles. The maximum Gasteiger partial charge on any atom is 0.191 e. The lowest BCUT2D eigenvalue weighted by molar-refractivity contribution is 0.607. The standard InChI is InChI=1S/C20H29BrFN5.HI/c1-6-23-20(24-10-9-16-12-17(21)7-8-19(16)22)25-13(2)11-18-14(3)26-27(5)15(18)4;/h7-8,12-13H,6,9-11H2,1-5H3,(H2,23,24,25);1H. The Labute approximate surface area is 192 Å². The molecule has 8 heteroatoms. The molecular weight excluding hydrogens is 536 g/mol. The highest BCUT2D eigenvalue weighted by Crippen LogP contribution is 2.16. The second-order valence-corrected chi connectivity index (χ2v) is 7.68. The molecule has 2 rings (SSSR count). The summed E-state index contributed by atoms with van der Waals surface area (Å²) in [5.41, 5.74) is 4.19. The fourth-order valence-corrected chi connectivity index (χ4v) is 3.46. The third-order valence-corrected chi connectivity index (χ3v) is 5.05. The van der Waals surface area contributed by atoms with Gasteiger partial charge in [-0.05, 0) is 69.9 Å². The minimum absolute atomic E-state index is 0. The van der Waals surface area contributed by atoms with E-state index < -0.39 is 0 Å². The van der Waals surface area contributed by atoms with Crippen LogP contribution in [0.2, 0.25) is 0 Å². The Morgan fingerprint density at radius 3 is 2.68 bits per heavy atom. The summed E-state index contributed by atoms with van der Waals surface area (Å²) in [5.74, 6) is 0.557. The van der Waals surface area contributed by atoms with Crippen molar-refractivity contribution in [2.75, 3.05) is 13.1 Å². The van der Waals surface area contributed by atoms with E-state index in [2.05, 4.69) is 50.5 Å². The maximum atomic E-state index is 13.9. The summed E-state index contributed by atoms with van der Waals surface area (Å²) in [4.78, 5) is 4.60. The van der Waals surface area contributed by atoms with Crippen molar-refractivity contribution in [3.05, 3.63) is 51.0 Å². The number of halogens is 3. The zero-order valence-corrected chi connectivity index (χ0v) is 21.1. The fraction of sp³-hybridized carbons (Fsp3) is 0.500. The summed E-state index contributed by atoms with van der Waals surface area (Å²) in [6.07, 6.45) is 1.42. The van der Waals surface area contributed by atoms with Gasteiger partial charge in [-0.2, -0.15) is 5.10 Å². The van der Waals surface area contributed by atoms with E-state index in [0.29, 0.717) is 18.5 Å². The first-order chi connectivity index (χ1) is 12.8. The summed E-state index contributed by atoms with van der Waals surface area (Å²) >= 11 is 3.39. The lowest BCUT2D eigenvalue weighted by Gasteiger charge is -2.18. The van der Waals surface area contributed by atoms with Crippen molar-refractivity contribution in [3.8, 4) is 0 Å². The SMILES string of the molecule is CCNC(=NCCc1cc(Br)ccc1F)NC(C)Cc1c(C)nn(C)c1C.I. The van der Waals surface area contributed by atoms with Gasteiger partial charge >= 0.3 is 0 Å². The highest BCUT2D eigenvalue weighted by atomic mass is 127. The van der Waals surface area contributed by atoms with Crippen molar-refractivity contribution < 1.29 is 4.39 Å². The summed E-state index contributed by atoms with van der Waals surface area (Å²) in [7, 11) is 1.97. The number of guanidine groups is 1. The second kappa shape index (κ2) is 11.7. The number of benzene rings is 1. The normalized spacial score (nSPS) is 12.5. The van der Waals surface area contributed by atoms with Gasteiger partial charge < -0.3 is 10.6 Å². The third-order valence-electron chi connectivity index (χ3n) is 4.56. The van der Waals surface area contributed by atoms with Crippen molar-refractivity contribution in [3.63, 3.8) is 0 Å². The molecule has 156 valence electrons. The topological polar surface area (TPSA) is 54.2 Å². The molecule has 1 heterocycles. The van der Waals surface area contributed by atoms with Crippen LogP contribution in [0.1, 0.15) is 36.4 Å². The molecule has 2 N–H and O–H groups in total. The van der Waals surface area contributed by atoms with Gasteiger partial charge in [-0.3, -0.25) is 9.67 Å². The molecule has 0 saturated carbocycles. The number of aryl methyl sites for hydroxylation is 2. The maximum absolute atomic E-state index is 13.9. The van der Waals surface area contributed by atoms with Crippen LogP contribution in [0.3, 0.4) is 0 Å². The monoisotopic (exact) mass is 565 g/mol. The number of aromatic nitrogens is 2. The van der Waals surface area contributed by atoms with Gasteiger partial charge in [0.05, 0.1) is 5.69 Å². The lowest BCUT2D eigenvalue weighted by Crippen LogP contribution is -2.43. The Hall–Kier alpha value is -1.16. The van der Waals surface area contributed by atoms with E-state index in [1.54, 1.807) is 6.07 Å². The number of hydrogen-bond donors (Lipinski definition) is 2. The van der Waals surface area contributed by atoms with Crippen molar-refractivity contribution in [2.45, 2.75) is 46.6 Å². The van der Waals surface area contributed by atoms with Crippen LogP contribution in [0.5, 0.6) is 0 Å². The van der Waals surface area contributed by atoms with Crippen LogP contribution in [0, 0.1) is 19.7 Å². The second-order valence-electron chi connectivity index (χ2n) is 6.77. The van der Waals surface area contributed by atoms with E-state index in [9.17, 15) is 4.39 Å². The van der Waals surface area contributed by atoms with Crippen LogP contribution >= 0.6 is 39.9 Å². The number of nitrogens with zero attached hydrogens (tertiary/aromatic N) is 3. The molecule has 0 bridgehead atoms. The average molecular weight is 566 g/mol. The smallest absolute Gasteiger partial charge is 0.191 e. The van der Waals surface area contributed by atoms with Crippen molar-refractivity contribution in [1.82, 2.24) is 20.4 Å². The molecule has 0 radical (unpaired) electrons. The Morgan fingerprint density at radius 2 is 2.07 bits per heavy atom. The third kappa shape index (κ3) is 7.02. The van der Waals surface area contributed by atoms with Gasteiger partial charge in [0.15, 0.2) is 5.96 Å². The van der Waals surface area contributed by atoms with Crippen molar-refractivity contribution in [1.29, 1.82) is 0 Å². The summed E-state index contributed by atoms with van der Waals surface area (Å²) in [6.45, 7) is 9.59. The van der Waals surface area contributed by atoms with Gasteiger partial charge in [0.2, 0.25) is 0 Å². The van der Waals surface area contributed by atoms with Crippen LogP contribution in [-0.4, -0.2) is 34.9 Å². The first-order valence-corrected chi connectivity index (χ1v) is 10.1. The van der Waals surface area contributed by atoms with Crippen LogP contribution in [0.25, 0.3) is 0 Å². The first kappa shape index (κ1) is 24.9. The zero-order chi connectivity index (χ0) is 20.0. The lowest BCUT2D eigenvalue weighted by atomic mass is 10.1. The number of rotatable bonds is 7. The Bertz CT molecular complexity index is 806. The van der Waals surface area contributed by atoms with Gasteiger partial charge in [0, 0.05) is 36.3 Å². The molecule has 1 unspecified atom stereocenters. The highest BCUT2D eigenvalue weighted by Gasteiger charge is 2.14. The van der Waals surface area contributed by atoms with Gasteiger partial charge in [0.1, 0.15) is 5.82 Å². The molecule has 0 spiro atoms. The Balaban J connectivity index is 0.00000392. The average Bonchev–Trinajstić information content (AvgIpc) is 2.84. The minimum atomic E-state index is -0.192. The van der Waals surface area contributed by atoms with E-state index in [4.69, 9.17) is 0 Å². The predicted molar refractivity (Wildman–Crippen MR) is 128 cm³/mol. The van der Waals surface area contributed by atoms with Crippen molar-refractivity contribution in [2.24, 2.45) is 12.0 Å². The van der Waals surface area contributed by atoms with Crippen LogP contribution in [0.4, 0.5) is 4.39 Å². The van der Waals surface area contributed by atoms with Crippen LogP contribution in [0.15, 0.2) is 27.7 Å². The van der Waals surface area contributed by atoms with Crippen molar-refractivity contribution >= 4 is 45.9 Å². The molecule has 28 heavy (non-hydrogen) atoms. The minimum Gasteiger partial charge on any atom is -0.357 e. The molecule has 2 aromatic rings. The fourth-order valence-electron chi connectivity index (χ4n) is 3.05. The molecule has 0 aliphatic carbocycles. The number of nitrogens with one attached hydrogen (secondary N) is 2. The van der Waals surface area contributed by atoms with Gasteiger partial charge in [-0.1, -0.05) is 15.9 Å². The molecule has 0 aliphatic heterocycles. The first-order valence-electron chi connectivity index (χ1n) is 9.29. The number of aliphatic imine (C=N–C) groups is 1. The van der Waals surface area contributed by atoms with E-state index in [0.717, 1.165) is 29.1 Å².